The highest BCUT2D eigenvalue weighted by atomic mass is 79.9. The molecule has 0 radical (unpaired) electrons. The Hall–Kier alpha value is -1.43. The van der Waals surface area contributed by atoms with E-state index in [1.165, 1.54) is 18.3 Å². The summed E-state index contributed by atoms with van der Waals surface area (Å²) in [6.07, 6.45) is 1.37. The number of rotatable bonds is 3. The molecule has 20 heavy (non-hydrogen) atoms. The minimum atomic E-state index is -3.87. The van der Waals surface area contributed by atoms with E-state index in [-0.39, 0.29) is 10.6 Å². The fourth-order valence-electron chi connectivity index (χ4n) is 1.46. The zero-order chi connectivity index (χ0) is 14.8. The molecule has 0 bridgehead atoms. The number of aromatic nitrogens is 1. The zero-order valence-electron chi connectivity index (χ0n) is 9.84. The van der Waals surface area contributed by atoms with Gasteiger partial charge in [0.05, 0.1) is 5.69 Å². The summed E-state index contributed by atoms with van der Waals surface area (Å²) in [6, 6.07) is 9.59. The summed E-state index contributed by atoms with van der Waals surface area (Å²) < 4.78 is 28.4. The van der Waals surface area contributed by atoms with Gasteiger partial charge in [-0.3, -0.25) is 4.72 Å². The molecule has 0 aliphatic heterocycles. The van der Waals surface area contributed by atoms with E-state index in [0.717, 1.165) is 4.47 Å². The van der Waals surface area contributed by atoms with Gasteiger partial charge >= 0.3 is 0 Å². The molecule has 0 aliphatic rings. The van der Waals surface area contributed by atoms with Crippen molar-refractivity contribution in [3.8, 4) is 6.07 Å². The van der Waals surface area contributed by atoms with Crippen molar-refractivity contribution in [2.75, 3.05) is 4.72 Å². The van der Waals surface area contributed by atoms with Crippen LogP contribution in [0.3, 0.4) is 0 Å². The minimum absolute atomic E-state index is 0.145. The molecule has 0 saturated heterocycles. The standard InChI is InChI=1S/C12H7Br2N3O2S/c13-8-3-4-10(9(14)6-8)17-20(18,19)12-2-1-5-16-11(12)7-15/h1-6,17H. The van der Waals surface area contributed by atoms with Crippen molar-refractivity contribution in [2.24, 2.45) is 0 Å². The van der Waals surface area contributed by atoms with Crippen molar-refractivity contribution in [1.82, 2.24) is 4.98 Å². The van der Waals surface area contributed by atoms with Gasteiger partial charge in [0.1, 0.15) is 11.0 Å². The molecule has 1 heterocycles. The van der Waals surface area contributed by atoms with Gasteiger partial charge in [0.15, 0.2) is 5.69 Å². The van der Waals surface area contributed by atoms with E-state index in [1.807, 2.05) is 0 Å². The lowest BCUT2D eigenvalue weighted by atomic mass is 10.3. The Morgan fingerprint density at radius 2 is 2.00 bits per heavy atom. The molecule has 8 heteroatoms. The minimum Gasteiger partial charge on any atom is -0.278 e. The summed E-state index contributed by atoms with van der Waals surface area (Å²) in [7, 11) is -3.87. The summed E-state index contributed by atoms with van der Waals surface area (Å²) in [5, 5.41) is 8.92. The third-order valence-corrected chi connectivity index (χ3v) is 4.89. The molecule has 0 saturated carbocycles. The molecule has 2 rings (SSSR count). The first kappa shape index (κ1) is 15.0. The van der Waals surface area contributed by atoms with E-state index in [9.17, 15) is 8.42 Å². The largest absolute Gasteiger partial charge is 0.278 e. The van der Waals surface area contributed by atoms with Crippen LogP contribution in [-0.2, 0) is 10.0 Å². The number of nitrogens with zero attached hydrogens (tertiary/aromatic N) is 2. The molecule has 5 nitrogen and oxygen atoms in total. The second-order valence-electron chi connectivity index (χ2n) is 3.69. The topological polar surface area (TPSA) is 82.8 Å². The molecule has 0 amide bonds. The molecule has 0 unspecified atom stereocenters. The predicted octanol–water partition coefficient (Wildman–Crippen LogP) is 3.28. The van der Waals surface area contributed by atoms with E-state index in [4.69, 9.17) is 5.26 Å². The molecular formula is C12H7Br2N3O2S. The maximum absolute atomic E-state index is 12.3. The van der Waals surface area contributed by atoms with Gasteiger partial charge < -0.3 is 0 Å². The van der Waals surface area contributed by atoms with Crippen molar-refractivity contribution < 1.29 is 8.42 Å². The first-order valence-electron chi connectivity index (χ1n) is 5.27. The van der Waals surface area contributed by atoms with Crippen LogP contribution in [0, 0.1) is 11.3 Å². The number of benzene rings is 1. The number of halogens is 2. The van der Waals surface area contributed by atoms with Gasteiger partial charge in [-0.1, -0.05) is 15.9 Å². The van der Waals surface area contributed by atoms with Gasteiger partial charge in [0.25, 0.3) is 10.0 Å². The third-order valence-electron chi connectivity index (χ3n) is 2.34. The van der Waals surface area contributed by atoms with E-state index < -0.39 is 10.0 Å². The molecule has 0 spiro atoms. The van der Waals surface area contributed by atoms with Crippen molar-refractivity contribution in [1.29, 1.82) is 5.26 Å². The Bertz CT molecular complexity index is 801. The average Bonchev–Trinajstić information content (AvgIpc) is 2.42. The van der Waals surface area contributed by atoms with Crippen LogP contribution in [0.2, 0.25) is 0 Å². The van der Waals surface area contributed by atoms with Crippen molar-refractivity contribution in [2.45, 2.75) is 4.90 Å². The smallest absolute Gasteiger partial charge is 0.264 e. The monoisotopic (exact) mass is 415 g/mol. The molecule has 0 atom stereocenters. The number of hydrogen-bond donors (Lipinski definition) is 1. The molecule has 1 aromatic heterocycles. The second kappa shape index (κ2) is 5.91. The van der Waals surface area contributed by atoms with Gasteiger partial charge in [-0.25, -0.2) is 13.4 Å². The molecule has 0 fully saturated rings. The van der Waals surface area contributed by atoms with Crippen LogP contribution < -0.4 is 4.72 Å². The van der Waals surface area contributed by atoms with Gasteiger partial charge in [-0.05, 0) is 46.3 Å². The molecule has 2 aromatic rings. The van der Waals surface area contributed by atoms with Crippen LogP contribution >= 0.6 is 31.9 Å². The molecular weight excluding hydrogens is 410 g/mol. The summed E-state index contributed by atoms with van der Waals surface area (Å²) in [6.45, 7) is 0. The highest BCUT2D eigenvalue weighted by Gasteiger charge is 2.20. The Morgan fingerprint density at radius 3 is 2.65 bits per heavy atom. The summed E-state index contributed by atoms with van der Waals surface area (Å²) >= 11 is 6.55. The lowest BCUT2D eigenvalue weighted by Crippen LogP contribution is -2.15. The van der Waals surface area contributed by atoms with Crippen LogP contribution in [-0.4, -0.2) is 13.4 Å². The number of nitriles is 1. The first-order chi connectivity index (χ1) is 9.44. The Balaban J connectivity index is 2.44. The van der Waals surface area contributed by atoms with Crippen LogP contribution in [0.1, 0.15) is 5.69 Å². The highest BCUT2D eigenvalue weighted by Crippen LogP contribution is 2.28. The number of hydrogen-bond acceptors (Lipinski definition) is 4. The van der Waals surface area contributed by atoms with Gasteiger partial charge in [-0.15, -0.1) is 0 Å². The highest BCUT2D eigenvalue weighted by molar-refractivity contribution is 9.11. The predicted molar refractivity (Wildman–Crippen MR) is 81.6 cm³/mol. The fourth-order valence-corrected chi connectivity index (χ4v) is 3.93. The molecule has 0 aliphatic carbocycles. The summed E-state index contributed by atoms with van der Waals surface area (Å²) in [4.78, 5) is 3.59. The van der Waals surface area contributed by atoms with Crippen LogP contribution in [0.25, 0.3) is 0 Å². The number of sulfonamides is 1. The van der Waals surface area contributed by atoms with E-state index in [2.05, 4.69) is 41.6 Å². The third kappa shape index (κ3) is 3.17. The SMILES string of the molecule is N#Cc1ncccc1S(=O)(=O)Nc1ccc(Br)cc1Br. The Morgan fingerprint density at radius 1 is 1.25 bits per heavy atom. The van der Waals surface area contributed by atoms with Crippen LogP contribution in [0.15, 0.2) is 50.4 Å². The van der Waals surface area contributed by atoms with E-state index in [0.29, 0.717) is 10.2 Å². The quantitative estimate of drug-likeness (QED) is 0.832. The number of pyridine rings is 1. The van der Waals surface area contributed by atoms with Gasteiger partial charge in [-0.2, -0.15) is 5.26 Å². The molecule has 1 N–H and O–H groups in total. The lowest BCUT2D eigenvalue weighted by molar-refractivity contribution is 0.600. The van der Waals surface area contributed by atoms with Crippen molar-refractivity contribution in [3.05, 3.63) is 51.2 Å². The number of nitrogens with one attached hydrogen (secondary N) is 1. The Labute approximate surface area is 133 Å². The normalized spacial score (nSPS) is 10.8. The molecule has 1 aromatic carbocycles. The van der Waals surface area contributed by atoms with Crippen LogP contribution in [0.4, 0.5) is 5.69 Å². The zero-order valence-corrected chi connectivity index (χ0v) is 13.8. The van der Waals surface area contributed by atoms with Crippen molar-refractivity contribution in [3.63, 3.8) is 0 Å². The van der Waals surface area contributed by atoms with Crippen LogP contribution in [0.5, 0.6) is 0 Å². The first-order valence-corrected chi connectivity index (χ1v) is 8.34. The van der Waals surface area contributed by atoms with Gasteiger partial charge in [0.2, 0.25) is 0 Å². The summed E-state index contributed by atoms with van der Waals surface area (Å²) in [5.41, 5.74) is 0.231. The van der Waals surface area contributed by atoms with Crippen molar-refractivity contribution >= 4 is 47.6 Å². The summed E-state index contributed by atoms with van der Waals surface area (Å²) in [5.74, 6) is 0. The van der Waals surface area contributed by atoms with E-state index >= 15 is 0 Å². The maximum Gasteiger partial charge on any atom is 0.264 e. The number of anilines is 1. The fraction of sp³-hybridized carbons (Fsp3) is 0. The van der Waals surface area contributed by atoms with Gasteiger partial charge in [0, 0.05) is 15.1 Å². The molecule has 102 valence electrons. The Kier molecular flexibility index (Phi) is 4.42. The van der Waals surface area contributed by atoms with E-state index in [1.54, 1.807) is 24.3 Å². The average molecular weight is 417 g/mol. The second-order valence-corrected chi connectivity index (χ2v) is 7.11. The lowest BCUT2D eigenvalue weighted by Gasteiger charge is -2.10. The maximum atomic E-state index is 12.3.